The number of methoxy groups -OCH3 is 1. The first-order valence-electron chi connectivity index (χ1n) is 5.41. The molecule has 0 amide bonds. The molecule has 0 spiro atoms. The molecule has 0 atom stereocenters. The van der Waals surface area contributed by atoms with E-state index in [4.69, 9.17) is 15.7 Å². The Balaban J connectivity index is 2.43. The van der Waals surface area contributed by atoms with Crippen LogP contribution in [0.15, 0.2) is 29.4 Å². The predicted molar refractivity (Wildman–Crippen MR) is 71.6 cm³/mol. The molecule has 1 rings (SSSR count). The zero-order chi connectivity index (χ0) is 12.5. The third-order valence-electron chi connectivity index (χ3n) is 2.24. The minimum Gasteiger partial charge on any atom is -0.409 e. The molecule has 0 saturated heterocycles. The van der Waals surface area contributed by atoms with E-state index in [-0.39, 0.29) is 5.84 Å². The lowest BCUT2D eigenvalue weighted by Crippen LogP contribution is -2.13. The van der Waals surface area contributed by atoms with Crippen molar-refractivity contribution < 1.29 is 9.94 Å². The van der Waals surface area contributed by atoms with Crippen LogP contribution in [0, 0.1) is 0 Å². The van der Waals surface area contributed by atoms with Gasteiger partial charge in [0.2, 0.25) is 0 Å². The van der Waals surface area contributed by atoms with E-state index in [0.717, 1.165) is 30.1 Å². The minimum absolute atomic E-state index is 0.149. The third-order valence-corrected chi connectivity index (χ3v) is 3.35. The molecule has 0 bridgehead atoms. The molecule has 0 saturated carbocycles. The van der Waals surface area contributed by atoms with Gasteiger partial charge in [0.1, 0.15) is 0 Å². The van der Waals surface area contributed by atoms with Gasteiger partial charge in [-0.2, -0.15) is 11.8 Å². The van der Waals surface area contributed by atoms with Crippen LogP contribution in [0.4, 0.5) is 0 Å². The van der Waals surface area contributed by atoms with Crippen LogP contribution in [-0.4, -0.2) is 30.5 Å². The Bertz CT molecular complexity index is 369. The number of benzene rings is 1. The fraction of sp³-hybridized carbons (Fsp3) is 0.417. The van der Waals surface area contributed by atoms with Gasteiger partial charge in [0.05, 0.1) is 0 Å². The van der Waals surface area contributed by atoms with Gasteiger partial charge in [0.25, 0.3) is 0 Å². The van der Waals surface area contributed by atoms with E-state index in [9.17, 15) is 0 Å². The third kappa shape index (κ3) is 5.10. The van der Waals surface area contributed by atoms with Crippen LogP contribution < -0.4 is 5.73 Å². The highest BCUT2D eigenvalue weighted by atomic mass is 32.2. The van der Waals surface area contributed by atoms with Crippen LogP contribution in [0.1, 0.15) is 17.5 Å². The number of thioether (sulfide) groups is 1. The van der Waals surface area contributed by atoms with Crippen LogP contribution in [0.5, 0.6) is 0 Å². The second kappa shape index (κ2) is 7.97. The smallest absolute Gasteiger partial charge is 0.170 e. The molecule has 5 heteroatoms. The first-order valence-corrected chi connectivity index (χ1v) is 6.57. The monoisotopic (exact) mass is 254 g/mol. The van der Waals surface area contributed by atoms with Crippen LogP contribution in [0.25, 0.3) is 0 Å². The number of ether oxygens (including phenoxy) is 1. The first-order chi connectivity index (χ1) is 8.27. The van der Waals surface area contributed by atoms with Crippen molar-refractivity contribution in [3.05, 3.63) is 35.4 Å². The molecule has 1 aromatic carbocycles. The van der Waals surface area contributed by atoms with Crippen molar-refractivity contribution in [1.29, 1.82) is 0 Å². The molecule has 1 aromatic rings. The molecule has 0 unspecified atom stereocenters. The van der Waals surface area contributed by atoms with E-state index >= 15 is 0 Å². The predicted octanol–water partition coefficient (Wildman–Crippen LogP) is 2.05. The number of nitrogens with zero attached hydrogens (tertiary/aromatic N) is 1. The van der Waals surface area contributed by atoms with Crippen molar-refractivity contribution in [2.45, 2.75) is 12.2 Å². The zero-order valence-electron chi connectivity index (χ0n) is 9.93. The van der Waals surface area contributed by atoms with Gasteiger partial charge in [-0.15, -0.1) is 0 Å². The van der Waals surface area contributed by atoms with Gasteiger partial charge in [-0.1, -0.05) is 23.4 Å². The molecule has 0 aliphatic heterocycles. The lowest BCUT2D eigenvalue weighted by Gasteiger charge is -2.04. The lowest BCUT2D eigenvalue weighted by molar-refractivity contribution is 0.200. The van der Waals surface area contributed by atoms with Gasteiger partial charge >= 0.3 is 0 Å². The number of hydrogen-bond donors (Lipinski definition) is 2. The highest BCUT2D eigenvalue weighted by Gasteiger charge is 2.00. The number of rotatable bonds is 7. The van der Waals surface area contributed by atoms with Gasteiger partial charge < -0.3 is 15.7 Å². The molecule has 0 heterocycles. The summed E-state index contributed by atoms with van der Waals surface area (Å²) in [6, 6.07) is 7.72. The summed E-state index contributed by atoms with van der Waals surface area (Å²) in [6.07, 6.45) is 1.06. The first kappa shape index (κ1) is 13.9. The molecule has 0 fully saturated rings. The number of nitrogens with two attached hydrogens (primary N) is 1. The van der Waals surface area contributed by atoms with E-state index in [1.165, 1.54) is 5.56 Å². The van der Waals surface area contributed by atoms with E-state index in [1.54, 1.807) is 7.11 Å². The molecule has 0 aromatic heterocycles. The average molecular weight is 254 g/mol. The van der Waals surface area contributed by atoms with Crippen molar-refractivity contribution in [1.82, 2.24) is 0 Å². The molecular weight excluding hydrogens is 236 g/mol. The summed E-state index contributed by atoms with van der Waals surface area (Å²) in [4.78, 5) is 0. The number of oxime groups is 1. The SMILES string of the molecule is COCCCSCc1cccc(C(N)=NO)c1. The van der Waals surface area contributed by atoms with Crippen LogP contribution in [-0.2, 0) is 10.5 Å². The molecule has 4 nitrogen and oxygen atoms in total. The molecule has 0 aliphatic rings. The fourth-order valence-corrected chi connectivity index (χ4v) is 2.26. The largest absolute Gasteiger partial charge is 0.409 e. The summed E-state index contributed by atoms with van der Waals surface area (Å²) in [5.41, 5.74) is 7.46. The molecule has 0 radical (unpaired) electrons. The van der Waals surface area contributed by atoms with Gasteiger partial charge in [-0.3, -0.25) is 0 Å². The minimum atomic E-state index is 0.149. The molecule has 17 heavy (non-hydrogen) atoms. The lowest BCUT2D eigenvalue weighted by atomic mass is 10.1. The molecular formula is C12H18N2O2S. The Morgan fingerprint density at radius 1 is 1.53 bits per heavy atom. The van der Waals surface area contributed by atoms with Crippen LogP contribution in [0.2, 0.25) is 0 Å². The number of amidine groups is 1. The maximum atomic E-state index is 8.60. The summed E-state index contributed by atoms with van der Waals surface area (Å²) >= 11 is 1.85. The maximum Gasteiger partial charge on any atom is 0.170 e. The van der Waals surface area contributed by atoms with E-state index in [1.807, 2.05) is 36.0 Å². The highest BCUT2D eigenvalue weighted by Crippen LogP contribution is 2.14. The van der Waals surface area contributed by atoms with Gasteiger partial charge in [-0.25, -0.2) is 0 Å². The van der Waals surface area contributed by atoms with Gasteiger partial charge in [0, 0.05) is 25.0 Å². The molecule has 0 aliphatic carbocycles. The zero-order valence-corrected chi connectivity index (χ0v) is 10.7. The Hall–Kier alpha value is -1.20. The van der Waals surface area contributed by atoms with Crippen LogP contribution >= 0.6 is 11.8 Å². The summed E-state index contributed by atoms with van der Waals surface area (Å²) in [6.45, 7) is 0.803. The standard InChI is InChI=1S/C12H18N2O2S/c1-16-6-3-7-17-9-10-4-2-5-11(8-10)12(13)14-15/h2,4-5,8,15H,3,6-7,9H2,1H3,(H2,13,14). The maximum absolute atomic E-state index is 8.60. The molecule has 94 valence electrons. The topological polar surface area (TPSA) is 67.8 Å². The highest BCUT2D eigenvalue weighted by molar-refractivity contribution is 7.98. The quantitative estimate of drug-likeness (QED) is 0.257. The Kier molecular flexibility index (Phi) is 6.50. The summed E-state index contributed by atoms with van der Waals surface area (Å²) in [5, 5.41) is 11.6. The Morgan fingerprint density at radius 2 is 2.35 bits per heavy atom. The van der Waals surface area contributed by atoms with Crippen molar-refractivity contribution in [2.75, 3.05) is 19.5 Å². The summed E-state index contributed by atoms with van der Waals surface area (Å²) in [5.74, 6) is 2.15. The Morgan fingerprint density at radius 3 is 3.06 bits per heavy atom. The van der Waals surface area contributed by atoms with E-state index < -0.39 is 0 Å². The van der Waals surface area contributed by atoms with Crippen LogP contribution in [0.3, 0.4) is 0 Å². The van der Waals surface area contributed by atoms with Gasteiger partial charge in [0.15, 0.2) is 5.84 Å². The normalized spacial score (nSPS) is 11.7. The van der Waals surface area contributed by atoms with Crippen molar-refractivity contribution >= 4 is 17.6 Å². The Labute approximate surface area is 106 Å². The van der Waals surface area contributed by atoms with E-state index in [0.29, 0.717) is 0 Å². The van der Waals surface area contributed by atoms with Crippen molar-refractivity contribution in [2.24, 2.45) is 10.9 Å². The number of hydrogen-bond acceptors (Lipinski definition) is 4. The van der Waals surface area contributed by atoms with E-state index in [2.05, 4.69) is 5.16 Å². The molecule has 3 N–H and O–H groups in total. The van der Waals surface area contributed by atoms with Gasteiger partial charge in [-0.05, 0) is 23.8 Å². The second-order valence-corrected chi connectivity index (χ2v) is 4.69. The summed E-state index contributed by atoms with van der Waals surface area (Å²) < 4.78 is 4.99. The average Bonchev–Trinajstić information content (AvgIpc) is 2.38. The van der Waals surface area contributed by atoms with Crippen molar-refractivity contribution in [3.63, 3.8) is 0 Å². The fourth-order valence-electron chi connectivity index (χ4n) is 1.37. The second-order valence-electron chi connectivity index (χ2n) is 3.58. The van der Waals surface area contributed by atoms with Crippen molar-refractivity contribution in [3.8, 4) is 0 Å². The summed E-state index contributed by atoms with van der Waals surface area (Å²) in [7, 11) is 1.71.